The van der Waals surface area contributed by atoms with Crippen molar-refractivity contribution in [3.63, 3.8) is 0 Å². The standard InChI is InChI=1S/C51H37FN2/c1-51(2)47-14-8-6-12-43(47)44-30-29-42(33-48(44)51)53(40-25-18-35(19-26-40)34-16-23-38(52)24-17-34)41-27-20-36(21-28-41)37-22-31-50-46(32-37)45-13-7-9-15-49(45)54(50)39-10-4-3-5-11-39/h3-33H,1-2H3. The molecule has 54 heavy (non-hydrogen) atoms. The second kappa shape index (κ2) is 12.5. The first kappa shape index (κ1) is 32.0. The molecule has 1 aliphatic carbocycles. The third-order valence-electron chi connectivity index (χ3n) is 11.3. The predicted octanol–water partition coefficient (Wildman–Crippen LogP) is 14.0. The summed E-state index contributed by atoms with van der Waals surface area (Å²) in [6, 6.07) is 65.9. The molecule has 0 amide bonds. The molecule has 0 spiro atoms. The lowest BCUT2D eigenvalue weighted by atomic mass is 9.82. The van der Waals surface area contributed by atoms with Crippen molar-refractivity contribution >= 4 is 38.9 Å². The topological polar surface area (TPSA) is 8.17 Å². The number of benzene rings is 8. The quantitative estimate of drug-likeness (QED) is 0.168. The monoisotopic (exact) mass is 696 g/mol. The van der Waals surface area contributed by atoms with Crippen molar-refractivity contribution in [2.45, 2.75) is 19.3 Å². The maximum Gasteiger partial charge on any atom is 0.123 e. The summed E-state index contributed by atoms with van der Waals surface area (Å²) < 4.78 is 16.1. The molecule has 0 radical (unpaired) electrons. The average Bonchev–Trinajstić information content (AvgIpc) is 3.67. The molecule has 0 N–H and O–H groups in total. The highest BCUT2D eigenvalue weighted by molar-refractivity contribution is 6.10. The molecule has 8 aromatic carbocycles. The van der Waals surface area contributed by atoms with Crippen molar-refractivity contribution in [2.24, 2.45) is 0 Å². The third kappa shape index (κ3) is 5.15. The highest BCUT2D eigenvalue weighted by Gasteiger charge is 2.35. The maximum atomic E-state index is 13.7. The zero-order chi connectivity index (χ0) is 36.4. The van der Waals surface area contributed by atoms with E-state index < -0.39 is 0 Å². The Kier molecular flexibility index (Phi) is 7.38. The van der Waals surface area contributed by atoms with Crippen molar-refractivity contribution in [1.82, 2.24) is 4.57 Å². The number of fused-ring (bicyclic) bond motifs is 6. The van der Waals surface area contributed by atoms with Crippen LogP contribution < -0.4 is 4.90 Å². The number of aromatic nitrogens is 1. The van der Waals surface area contributed by atoms with E-state index in [0.717, 1.165) is 39.4 Å². The summed E-state index contributed by atoms with van der Waals surface area (Å²) in [6.45, 7) is 4.65. The fraction of sp³-hybridized carbons (Fsp3) is 0.0588. The van der Waals surface area contributed by atoms with Gasteiger partial charge in [-0.3, -0.25) is 0 Å². The Bertz CT molecular complexity index is 2830. The van der Waals surface area contributed by atoms with E-state index in [1.807, 2.05) is 12.1 Å². The van der Waals surface area contributed by atoms with Gasteiger partial charge in [-0.2, -0.15) is 0 Å². The van der Waals surface area contributed by atoms with Gasteiger partial charge in [-0.1, -0.05) is 123 Å². The van der Waals surface area contributed by atoms with Gasteiger partial charge in [0.15, 0.2) is 0 Å². The molecule has 0 fully saturated rings. The first-order valence-electron chi connectivity index (χ1n) is 18.5. The zero-order valence-corrected chi connectivity index (χ0v) is 30.2. The molecular formula is C51H37FN2. The lowest BCUT2D eigenvalue weighted by Crippen LogP contribution is -2.16. The first-order valence-corrected chi connectivity index (χ1v) is 18.5. The van der Waals surface area contributed by atoms with Gasteiger partial charge in [-0.05, 0) is 123 Å². The SMILES string of the molecule is CC1(C)c2ccccc2-c2ccc(N(c3ccc(-c4ccc(F)cc4)cc3)c3ccc(-c4ccc5c(c4)c4ccccc4n5-c4ccccc4)cc3)cc21. The Balaban J connectivity index is 1.07. The number of nitrogens with zero attached hydrogens (tertiary/aromatic N) is 2. The molecule has 0 atom stereocenters. The molecule has 0 saturated carbocycles. The molecule has 9 aromatic rings. The van der Waals surface area contributed by atoms with Crippen molar-refractivity contribution in [1.29, 1.82) is 0 Å². The number of hydrogen-bond acceptors (Lipinski definition) is 1. The average molecular weight is 697 g/mol. The van der Waals surface area contributed by atoms with Crippen molar-refractivity contribution in [3.8, 4) is 39.1 Å². The number of hydrogen-bond donors (Lipinski definition) is 0. The van der Waals surface area contributed by atoms with Crippen LogP contribution in [-0.4, -0.2) is 4.57 Å². The van der Waals surface area contributed by atoms with E-state index in [0.29, 0.717) is 0 Å². The lowest BCUT2D eigenvalue weighted by Gasteiger charge is -2.28. The van der Waals surface area contributed by atoms with Gasteiger partial charge in [0, 0.05) is 38.9 Å². The Labute approximate surface area is 315 Å². The zero-order valence-electron chi connectivity index (χ0n) is 30.2. The summed E-state index contributed by atoms with van der Waals surface area (Å²) in [5.41, 5.74) is 16.3. The molecule has 1 heterocycles. The molecule has 258 valence electrons. The van der Waals surface area contributed by atoms with E-state index in [2.05, 4.69) is 187 Å². The summed E-state index contributed by atoms with van der Waals surface area (Å²) in [4.78, 5) is 2.34. The second-order valence-corrected chi connectivity index (χ2v) is 14.8. The molecule has 0 saturated heterocycles. The fourth-order valence-corrected chi connectivity index (χ4v) is 8.53. The van der Waals surface area contributed by atoms with Crippen LogP contribution in [0.5, 0.6) is 0 Å². The van der Waals surface area contributed by atoms with Crippen molar-refractivity contribution in [2.75, 3.05) is 4.90 Å². The fourth-order valence-electron chi connectivity index (χ4n) is 8.53. The van der Waals surface area contributed by atoms with E-state index in [-0.39, 0.29) is 11.2 Å². The summed E-state index contributed by atoms with van der Waals surface area (Å²) in [7, 11) is 0. The van der Waals surface area contributed by atoms with Crippen LogP contribution in [-0.2, 0) is 5.41 Å². The minimum Gasteiger partial charge on any atom is -0.310 e. The van der Waals surface area contributed by atoms with Crippen molar-refractivity contribution < 1.29 is 4.39 Å². The molecule has 2 nitrogen and oxygen atoms in total. The Morgan fingerprint density at radius 3 is 1.69 bits per heavy atom. The van der Waals surface area contributed by atoms with Crippen LogP contribution in [0.25, 0.3) is 60.9 Å². The maximum absolute atomic E-state index is 13.7. The molecule has 0 aliphatic heterocycles. The van der Waals surface area contributed by atoms with Gasteiger partial charge in [0.2, 0.25) is 0 Å². The van der Waals surface area contributed by atoms with E-state index in [1.165, 1.54) is 61.8 Å². The first-order chi connectivity index (χ1) is 26.4. The van der Waals surface area contributed by atoms with Crippen LogP contribution in [0.3, 0.4) is 0 Å². The van der Waals surface area contributed by atoms with Crippen LogP contribution in [0, 0.1) is 5.82 Å². The van der Waals surface area contributed by atoms with Crippen LogP contribution in [0.4, 0.5) is 21.5 Å². The molecule has 1 aromatic heterocycles. The number of para-hydroxylation sites is 2. The molecule has 0 unspecified atom stereocenters. The normalized spacial score (nSPS) is 12.9. The van der Waals surface area contributed by atoms with E-state index >= 15 is 0 Å². The number of rotatable bonds is 6. The smallest absolute Gasteiger partial charge is 0.123 e. The summed E-state index contributed by atoms with van der Waals surface area (Å²) >= 11 is 0. The second-order valence-electron chi connectivity index (χ2n) is 14.8. The summed E-state index contributed by atoms with van der Waals surface area (Å²) in [5, 5.41) is 2.48. The number of halogens is 1. The van der Waals surface area contributed by atoms with Gasteiger partial charge in [-0.25, -0.2) is 4.39 Å². The van der Waals surface area contributed by atoms with Crippen LogP contribution in [0.1, 0.15) is 25.0 Å². The molecular weight excluding hydrogens is 660 g/mol. The van der Waals surface area contributed by atoms with Gasteiger partial charge in [0.1, 0.15) is 5.82 Å². The van der Waals surface area contributed by atoms with Gasteiger partial charge >= 0.3 is 0 Å². The summed E-state index contributed by atoms with van der Waals surface area (Å²) in [5.74, 6) is -0.231. The highest BCUT2D eigenvalue weighted by atomic mass is 19.1. The summed E-state index contributed by atoms with van der Waals surface area (Å²) in [6.07, 6.45) is 0. The lowest BCUT2D eigenvalue weighted by molar-refractivity contribution is 0.628. The van der Waals surface area contributed by atoms with Gasteiger partial charge in [-0.15, -0.1) is 0 Å². The Morgan fingerprint density at radius 2 is 0.963 bits per heavy atom. The van der Waals surface area contributed by atoms with E-state index in [9.17, 15) is 4.39 Å². The van der Waals surface area contributed by atoms with Crippen molar-refractivity contribution in [3.05, 3.63) is 205 Å². The van der Waals surface area contributed by atoms with Crippen LogP contribution in [0.2, 0.25) is 0 Å². The number of anilines is 3. The predicted molar refractivity (Wildman–Crippen MR) is 224 cm³/mol. The minimum absolute atomic E-state index is 0.119. The van der Waals surface area contributed by atoms with E-state index in [4.69, 9.17) is 0 Å². The Morgan fingerprint density at radius 1 is 0.426 bits per heavy atom. The van der Waals surface area contributed by atoms with Gasteiger partial charge in [0.05, 0.1) is 11.0 Å². The van der Waals surface area contributed by atoms with Gasteiger partial charge in [0.25, 0.3) is 0 Å². The van der Waals surface area contributed by atoms with Crippen LogP contribution in [0.15, 0.2) is 188 Å². The van der Waals surface area contributed by atoms with E-state index in [1.54, 1.807) is 0 Å². The molecule has 0 bridgehead atoms. The Hall–Kier alpha value is -6.71. The molecule has 3 heteroatoms. The molecule has 1 aliphatic rings. The third-order valence-corrected chi connectivity index (χ3v) is 11.3. The highest BCUT2D eigenvalue weighted by Crippen LogP contribution is 2.50. The minimum atomic E-state index is -0.231. The molecule has 10 rings (SSSR count). The van der Waals surface area contributed by atoms with Gasteiger partial charge < -0.3 is 9.47 Å². The van der Waals surface area contributed by atoms with Crippen LogP contribution >= 0.6 is 0 Å². The largest absolute Gasteiger partial charge is 0.310 e.